The third kappa shape index (κ3) is 3.31. The van der Waals surface area contributed by atoms with Gasteiger partial charge in [0.25, 0.3) is 0 Å². The maximum atomic E-state index is 13.6. The monoisotopic (exact) mass is 257 g/mol. The van der Waals surface area contributed by atoms with Crippen molar-refractivity contribution in [3.05, 3.63) is 17.7 Å². The van der Waals surface area contributed by atoms with Gasteiger partial charge < -0.3 is 10.6 Å². The van der Waals surface area contributed by atoms with Crippen molar-refractivity contribution in [3.63, 3.8) is 0 Å². The third-order valence-corrected chi connectivity index (χ3v) is 3.29. The molecule has 0 amide bonds. The van der Waals surface area contributed by atoms with Crippen LogP contribution in [0, 0.1) is 17.6 Å². The van der Waals surface area contributed by atoms with Crippen LogP contribution in [0.3, 0.4) is 0 Å². The Morgan fingerprint density at radius 1 is 1.17 bits per heavy atom. The van der Waals surface area contributed by atoms with Gasteiger partial charge in [-0.1, -0.05) is 26.7 Å². The Kier molecular flexibility index (Phi) is 5.31. The summed E-state index contributed by atoms with van der Waals surface area (Å²) in [6, 6.07) is 0.943. The highest BCUT2D eigenvalue weighted by atomic mass is 19.1. The van der Waals surface area contributed by atoms with Crippen LogP contribution in [0.4, 0.5) is 20.4 Å². The molecule has 102 valence electrons. The number of nitrogens with zero attached hydrogens (tertiary/aromatic N) is 1. The molecule has 1 unspecified atom stereocenters. The minimum absolute atomic E-state index is 0.0515. The molecule has 0 aliphatic heterocycles. The van der Waals surface area contributed by atoms with E-state index < -0.39 is 11.6 Å². The van der Waals surface area contributed by atoms with Crippen molar-refractivity contribution in [1.82, 2.24) is 4.98 Å². The summed E-state index contributed by atoms with van der Waals surface area (Å²) in [5.41, 5.74) is 0. The molecule has 1 aromatic rings. The molecule has 0 aliphatic rings. The highest BCUT2D eigenvalue weighted by Crippen LogP contribution is 2.22. The number of hydrogen-bond donors (Lipinski definition) is 2. The Hall–Kier alpha value is -1.39. The molecule has 0 spiro atoms. The fraction of sp³-hybridized carbons (Fsp3) is 0.615. The van der Waals surface area contributed by atoms with Crippen molar-refractivity contribution >= 4 is 11.6 Å². The summed E-state index contributed by atoms with van der Waals surface area (Å²) >= 11 is 0. The van der Waals surface area contributed by atoms with Gasteiger partial charge in [0.1, 0.15) is 0 Å². The number of hydrogen-bond acceptors (Lipinski definition) is 3. The van der Waals surface area contributed by atoms with Crippen LogP contribution in [0.2, 0.25) is 0 Å². The van der Waals surface area contributed by atoms with E-state index in [9.17, 15) is 8.78 Å². The van der Waals surface area contributed by atoms with E-state index >= 15 is 0 Å². The number of nitrogens with one attached hydrogen (secondary N) is 2. The lowest BCUT2D eigenvalue weighted by atomic mass is 9.95. The third-order valence-electron chi connectivity index (χ3n) is 3.29. The topological polar surface area (TPSA) is 37.0 Å². The molecule has 1 atom stereocenters. The van der Waals surface area contributed by atoms with Crippen molar-refractivity contribution in [2.75, 3.05) is 17.7 Å². The number of pyridine rings is 1. The van der Waals surface area contributed by atoms with E-state index in [2.05, 4.69) is 29.5 Å². The zero-order valence-corrected chi connectivity index (χ0v) is 11.3. The summed E-state index contributed by atoms with van der Waals surface area (Å²) in [6.07, 6.45) is 2.01. The predicted molar refractivity (Wildman–Crippen MR) is 70.9 cm³/mol. The normalized spacial score (nSPS) is 12.6. The molecule has 5 heteroatoms. The standard InChI is InChI=1S/C13H21F2N3/c1-5-9(6-2)8(3)17-13-11(15)7-10(14)12(16-4)18-13/h7-9H,5-6H2,1-4H3,(H2,16,17,18). The largest absolute Gasteiger partial charge is 0.371 e. The van der Waals surface area contributed by atoms with Crippen molar-refractivity contribution in [1.29, 1.82) is 0 Å². The lowest BCUT2D eigenvalue weighted by Crippen LogP contribution is -2.26. The second-order valence-corrected chi connectivity index (χ2v) is 4.41. The molecule has 18 heavy (non-hydrogen) atoms. The van der Waals surface area contributed by atoms with E-state index in [-0.39, 0.29) is 17.7 Å². The molecule has 1 heterocycles. The fourth-order valence-electron chi connectivity index (χ4n) is 2.07. The van der Waals surface area contributed by atoms with Crippen LogP contribution in [0.25, 0.3) is 0 Å². The van der Waals surface area contributed by atoms with Crippen LogP contribution in [0.1, 0.15) is 33.6 Å². The zero-order valence-electron chi connectivity index (χ0n) is 11.3. The molecule has 0 aromatic carbocycles. The van der Waals surface area contributed by atoms with Gasteiger partial charge in [-0.05, 0) is 12.8 Å². The van der Waals surface area contributed by atoms with Crippen LogP contribution in [0.5, 0.6) is 0 Å². The van der Waals surface area contributed by atoms with Crippen LogP contribution in [-0.2, 0) is 0 Å². The van der Waals surface area contributed by atoms with Gasteiger partial charge in [0, 0.05) is 19.2 Å². The van der Waals surface area contributed by atoms with E-state index in [0.717, 1.165) is 18.9 Å². The van der Waals surface area contributed by atoms with Crippen LogP contribution >= 0.6 is 0 Å². The Balaban J connectivity index is 2.90. The molecule has 0 aliphatic carbocycles. The lowest BCUT2D eigenvalue weighted by molar-refractivity contribution is 0.435. The molecule has 3 nitrogen and oxygen atoms in total. The molecule has 0 bridgehead atoms. The minimum atomic E-state index is -0.685. The molecular formula is C13H21F2N3. The maximum Gasteiger partial charge on any atom is 0.168 e. The minimum Gasteiger partial charge on any atom is -0.371 e. The first-order chi connectivity index (χ1) is 8.53. The van der Waals surface area contributed by atoms with Crippen molar-refractivity contribution in [2.45, 2.75) is 39.7 Å². The Morgan fingerprint density at radius 3 is 2.22 bits per heavy atom. The van der Waals surface area contributed by atoms with Gasteiger partial charge in [-0.15, -0.1) is 0 Å². The molecule has 0 fully saturated rings. The summed E-state index contributed by atoms with van der Waals surface area (Å²) in [7, 11) is 1.55. The zero-order chi connectivity index (χ0) is 13.7. The molecule has 0 saturated carbocycles. The lowest BCUT2D eigenvalue weighted by Gasteiger charge is -2.23. The number of aromatic nitrogens is 1. The van der Waals surface area contributed by atoms with E-state index in [1.54, 1.807) is 7.05 Å². The molecule has 1 aromatic heterocycles. The van der Waals surface area contributed by atoms with E-state index in [1.807, 2.05) is 6.92 Å². The van der Waals surface area contributed by atoms with Gasteiger partial charge in [-0.25, -0.2) is 13.8 Å². The van der Waals surface area contributed by atoms with Crippen molar-refractivity contribution in [3.8, 4) is 0 Å². The second kappa shape index (κ2) is 6.52. The van der Waals surface area contributed by atoms with Gasteiger partial charge in [-0.3, -0.25) is 0 Å². The summed E-state index contributed by atoms with van der Waals surface area (Å²) in [5.74, 6) is -0.759. The average Bonchev–Trinajstić information content (AvgIpc) is 2.34. The van der Waals surface area contributed by atoms with Crippen LogP contribution in [-0.4, -0.2) is 18.1 Å². The summed E-state index contributed by atoms with van der Waals surface area (Å²) < 4.78 is 26.9. The van der Waals surface area contributed by atoms with Crippen molar-refractivity contribution in [2.24, 2.45) is 5.92 Å². The van der Waals surface area contributed by atoms with Crippen LogP contribution < -0.4 is 10.6 Å². The fourth-order valence-corrected chi connectivity index (χ4v) is 2.07. The maximum absolute atomic E-state index is 13.6. The molecule has 1 rings (SSSR count). The highest BCUT2D eigenvalue weighted by molar-refractivity contribution is 5.47. The quantitative estimate of drug-likeness (QED) is 0.817. The van der Waals surface area contributed by atoms with Crippen LogP contribution in [0.15, 0.2) is 6.07 Å². The van der Waals surface area contributed by atoms with E-state index in [1.165, 1.54) is 0 Å². The number of rotatable bonds is 6. The number of halogens is 2. The predicted octanol–water partition coefficient (Wildman–Crippen LogP) is 3.64. The van der Waals surface area contributed by atoms with Gasteiger partial charge in [-0.2, -0.15) is 0 Å². The molecule has 2 N–H and O–H groups in total. The van der Waals surface area contributed by atoms with E-state index in [4.69, 9.17) is 0 Å². The first-order valence-corrected chi connectivity index (χ1v) is 6.33. The van der Waals surface area contributed by atoms with Gasteiger partial charge >= 0.3 is 0 Å². The number of anilines is 2. The molecule has 0 radical (unpaired) electrons. The van der Waals surface area contributed by atoms with E-state index in [0.29, 0.717) is 5.92 Å². The highest BCUT2D eigenvalue weighted by Gasteiger charge is 2.17. The first kappa shape index (κ1) is 14.7. The first-order valence-electron chi connectivity index (χ1n) is 6.33. The average molecular weight is 257 g/mol. The second-order valence-electron chi connectivity index (χ2n) is 4.41. The molecular weight excluding hydrogens is 236 g/mol. The Morgan fingerprint density at radius 2 is 1.72 bits per heavy atom. The summed E-state index contributed by atoms with van der Waals surface area (Å²) in [5, 5.41) is 5.62. The summed E-state index contributed by atoms with van der Waals surface area (Å²) in [6.45, 7) is 6.18. The molecule has 0 saturated heterocycles. The van der Waals surface area contributed by atoms with Gasteiger partial charge in [0.05, 0.1) is 0 Å². The van der Waals surface area contributed by atoms with Gasteiger partial charge in [0.15, 0.2) is 23.3 Å². The smallest absolute Gasteiger partial charge is 0.168 e. The Labute approximate surface area is 107 Å². The van der Waals surface area contributed by atoms with Gasteiger partial charge in [0.2, 0.25) is 0 Å². The summed E-state index contributed by atoms with van der Waals surface area (Å²) in [4.78, 5) is 3.91. The van der Waals surface area contributed by atoms with Crippen molar-refractivity contribution < 1.29 is 8.78 Å². The SMILES string of the molecule is CCC(CC)C(C)Nc1nc(NC)c(F)cc1F. The Bertz CT molecular complexity index is 392.